The van der Waals surface area contributed by atoms with E-state index in [0.717, 1.165) is 11.1 Å². The zero-order chi connectivity index (χ0) is 20.4. The first kappa shape index (κ1) is 18.9. The normalized spacial score (nSPS) is 10.8. The highest BCUT2D eigenvalue weighted by molar-refractivity contribution is 6.32. The minimum Gasteiger partial charge on any atom is -0.425 e. The second-order valence-electron chi connectivity index (χ2n) is 6.58. The van der Waals surface area contributed by atoms with Crippen molar-refractivity contribution in [3.8, 4) is 16.9 Å². The number of carbonyl (C=O) groups is 1. The van der Waals surface area contributed by atoms with Crippen LogP contribution < -0.4 is 10.3 Å². The predicted octanol–water partition coefficient (Wildman–Crippen LogP) is 4.40. The van der Waals surface area contributed by atoms with Gasteiger partial charge in [0, 0.05) is 12.4 Å². The van der Waals surface area contributed by atoms with Crippen LogP contribution in [-0.2, 0) is 18.3 Å². The highest BCUT2D eigenvalue weighted by atomic mass is 35.5. The fourth-order valence-electron chi connectivity index (χ4n) is 3.20. The summed E-state index contributed by atoms with van der Waals surface area (Å²) in [6.07, 6.45) is -0.0780. The Hall–Kier alpha value is -3.44. The fourth-order valence-corrected chi connectivity index (χ4v) is 3.41. The van der Waals surface area contributed by atoms with Crippen LogP contribution >= 0.6 is 11.6 Å². The van der Waals surface area contributed by atoms with Gasteiger partial charge in [0.2, 0.25) is 0 Å². The lowest BCUT2D eigenvalue weighted by Crippen LogP contribution is -2.23. The number of rotatable bonds is 4. The summed E-state index contributed by atoms with van der Waals surface area (Å²) in [5, 5.41) is 5.72. The quantitative estimate of drug-likeness (QED) is 0.373. The third kappa shape index (κ3) is 3.91. The van der Waals surface area contributed by atoms with Crippen LogP contribution in [0.1, 0.15) is 5.69 Å². The third-order valence-electron chi connectivity index (χ3n) is 4.61. The molecule has 1 heterocycles. The Morgan fingerprint density at radius 2 is 1.66 bits per heavy atom. The van der Waals surface area contributed by atoms with Crippen molar-refractivity contribution >= 4 is 28.3 Å². The van der Waals surface area contributed by atoms with Gasteiger partial charge in [-0.05, 0) is 29.3 Å². The maximum absolute atomic E-state index is 12.5. The number of fused-ring (bicyclic) bond motifs is 1. The molecule has 0 aliphatic heterocycles. The number of nitrogens with zero attached hydrogens (tertiary/aromatic N) is 2. The first-order valence-electron chi connectivity index (χ1n) is 9.03. The van der Waals surface area contributed by atoms with Crippen LogP contribution in [-0.4, -0.2) is 15.7 Å². The molecule has 6 heteroatoms. The van der Waals surface area contributed by atoms with Crippen LogP contribution in [0.2, 0.25) is 5.02 Å². The van der Waals surface area contributed by atoms with Gasteiger partial charge >= 0.3 is 5.97 Å². The summed E-state index contributed by atoms with van der Waals surface area (Å²) >= 11 is 6.33. The van der Waals surface area contributed by atoms with Crippen molar-refractivity contribution in [2.24, 2.45) is 7.05 Å². The number of esters is 1. The summed E-state index contributed by atoms with van der Waals surface area (Å²) in [6.45, 7) is 0. The van der Waals surface area contributed by atoms with E-state index >= 15 is 0 Å². The minimum absolute atomic E-state index is 0.0780. The molecular formula is C23H17ClN2O3. The lowest BCUT2D eigenvalue weighted by Gasteiger charge is -2.10. The molecule has 0 spiro atoms. The van der Waals surface area contributed by atoms with Crippen LogP contribution in [0.25, 0.3) is 21.9 Å². The number of hydrogen-bond acceptors (Lipinski definition) is 4. The molecule has 0 aliphatic carbocycles. The summed E-state index contributed by atoms with van der Waals surface area (Å²) in [6, 6.07) is 22.2. The molecule has 4 rings (SSSR count). The second kappa shape index (κ2) is 7.89. The molecule has 4 aromatic rings. The van der Waals surface area contributed by atoms with Gasteiger partial charge in [-0.3, -0.25) is 9.59 Å². The number of ether oxygens (including phenoxy) is 1. The number of halogens is 1. The number of hydrogen-bond donors (Lipinski definition) is 0. The van der Waals surface area contributed by atoms with E-state index in [-0.39, 0.29) is 17.7 Å². The molecule has 0 saturated carbocycles. The molecular weight excluding hydrogens is 388 g/mol. The van der Waals surface area contributed by atoms with Crippen LogP contribution in [0.4, 0.5) is 0 Å². The molecule has 0 saturated heterocycles. The van der Waals surface area contributed by atoms with Gasteiger partial charge in [-0.2, -0.15) is 5.10 Å². The maximum atomic E-state index is 12.5. The molecule has 0 fully saturated rings. The summed E-state index contributed by atoms with van der Waals surface area (Å²) in [4.78, 5) is 24.7. The van der Waals surface area contributed by atoms with E-state index in [2.05, 4.69) is 5.10 Å². The average molecular weight is 405 g/mol. The lowest BCUT2D eigenvalue weighted by atomic mass is 10.1. The third-order valence-corrected chi connectivity index (χ3v) is 4.90. The molecule has 1 aromatic heterocycles. The van der Waals surface area contributed by atoms with Crippen molar-refractivity contribution in [1.29, 1.82) is 0 Å². The largest absolute Gasteiger partial charge is 0.425 e. The standard InChI is InChI=1S/C23H17ClN2O3/c1-26-23(28)18-10-6-5-9-17(18)20(25-26)14-22(27)29-21-12-11-16(13-19(21)24)15-7-3-2-4-8-15/h2-13H,14H2,1H3. The highest BCUT2D eigenvalue weighted by Gasteiger charge is 2.15. The van der Waals surface area contributed by atoms with E-state index in [0.29, 0.717) is 21.5 Å². The highest BCUT2D eigenvalue weighted by Crippen LogP contribution is 2.30. The molecule has 3 aromatic carbocycles. The summed E-state index contributed by atoms with van der Waals surface area (Å²) in [7, 11) is 1.56. The SMILES string of the molecule is Cn1nc(CC(=O)Oc2ccc(-c3ccccc3)cc2Cl)c2ccccc2c1=O. The van der Waals surface area contributed by atoms with Gasteiger partial charge in [0.25, 0.3) is 5.56 Å². The van der Waals surface area contributed by atoms with Gasteiger partial charge in [0.15, 0.2) is 0 Å². The predicted molar refractivity (Wildman–Crippen MR) is 113 cm³/mol. The smallest absolute Gasteiger partial charge is 0.317 e. The second-order valence-corrected chi connectivity index (χ2v) is 6.99. The van der Waals surface area contributed by atoms with Crippen LogP contribution in [0.3, 0.4) is 0 Å². The van der Waals surface area contributed by atoms with E-state index in [4.69, 9.17) is 16.3 Å². The van der Waals surface area contributed by atoms with Crippen LogP contribution in [0, 0.1) is 0 Å². The number of carbonyl (C=O) groups excluding carboxylic acids is 1. The Kier molecular flexibility index (Phi) is 5.14. The van der Waals surface area contributed by atoms with Crippen LogP contribution in [0.5, 0.6) is 5.75 Å². The molecule has 144 valence electrons. The average Bonchev–Trinajstić information content (AvgIpc) is 2.74. The van der Waals surface area contributed by atoms with Crippen molar-refractivity contribution in [3.63, 3.8) is 0 Å². The van der Waals surface area contributed by atoms with Gasteiger partial charge in [0.1, 0.15) is 5.75 Å². The zero-order valence-corrected chi connectivity index (χ0v) is 16.4. The maximum Gasteiger partial charge on any atom is 0.317 e. The minimum atomic E-state index is -0.504. The molecule has 0 atom stereocenters. The lowest BCUT2D eigenvalue weighted by molar-refractivity contribution is -0.133. The topological polar surface area (TPSA) is 61.2 Å². The Labute approximate surface area is 172 Å². The summed E-state index contributed by atoms with van der Waals surface area (Å²) in [5.41, 5.74) is 2.22. The summed E-state index contributed by atoms with van der Waals surface area (Å²) < 4.78 is 6.69. The molecule has 0 radical (unpaired) electrons. The van der Waals surface area contributed by atoms with Gasteiger partial charge < -0.3 is 4.74 Å². The molecule has 0 bridgehead atoms. The van der Waals surface area contributed by atoms with Crippen molar-refractivity contribution in [2.45, 2.75) is 6.42 Å². The van der Waals surface area contributed by atoms with E-state index in [1.807, 2.05) is 36.4 Å². The Balaban J connectivity index is 1.57. The Bertz CT molecular complexity index is 1270. The first-order chi connectivity index (χ1) is 14.0. The van der Waals surface area contributed by atoms with Crippen molar-refractivity contribution in [3.05, 3.63) is 93.9 Å². The molecule has 0 unspecified atom stereocenters. The van der Waals surface area contributed by atoms with E-state index in [1.165, 1.54) is 4.68 Å². The van der Waals surface area contributed by atoms with Crippen LogP contribution in [0.15, 0.2) is 77.6 Å². The van der Waals surface area contributed by atoms with Gasteiger partial charge in [-0.15, -0.1) is 0 Å². The molecule has 5 nitrogen and oxygen atoms in total. The number of aromatic nitrogens is 2. The van der Waals surface area contributed by atoms with E-state index < -0.39 is 5.97 Å². The number of benzene rings is 3. The summed E-state index contributed by atoms with van der Waals surface area (Å²) in [5.74, 6) is -0.221. The van der Waals surface area contributed by atoms with Gasteiger partial charge in [-0.1, -0.05) is 66.2 Å². The zero-order valence-electron chi connectivity index (χ0n) is 15.6. The Morgan fingerprint density at radius 1 is 0.966 bits per heavy atom. The van der Waals surface area contributed by atoms with Crippen molar-refractivity contribution < 1.29 is 9.53 Å². The monoisotopic (exact) mass is 404 g/mol. The van der Waals surface area contributed by atoms with Crippen molar-refractivity contribution in [2.75, 3.05) is 0 Å². The molecule has 29 heavy (non-hydrogen) atoms. The van der Waals surface area contributed by atoms with Gasteiger partial charge in [0.05, 0.1) is 22.5 Å². The first-order valence-corrected chi connectivity index (χ1v) is 9.41. The molecule has 0 amide bonds. The Morgan fingerprint density at radius 3 is 2.38 bits per heavy atom. The molecule has 0 aliphatic rings. The van der Waals surface area contributed by atoms with E-state index in [1.54, 1.807) is 43.4 Å². The van der Waals surface area contributed by atoms with E-state index in [9.17, 15) is 9.59 Å². The van der Waals surface area contributed by atoms with Gasteiger partial charge in [-0.25, -0.2) is 4.68 Å². The molecule has 0 N–H and O–H groups in total. The fraction of sp³-hybridized carbons (Fsp3) is 0.0870. The van der Waals surface area contributed by atoms with Crippen molar-refractivity contribution in [1.82, 2.24) is 9.78 Å². The number of aryl methyl sites for hydroxylation is 1.